The maximum absolute atomic E-state index is 13.3. The number of rotatable bonds is 8. The minimum absolute atomic E-state index is 0.0669. The monoisotopic (exact) mass is 534 g/mol. The second-order valence-electron chi connectivity index (χ2n) is 9.01. The summed E-state index contributed by atoms with van der Waals surface area (Å²) >= 11 is 7.43. The van der Waals surface area contributed by atoms with E-state index in [0.717, 1.165) is 29.7 Å². The van der Waals surface area contributed by atoms with E-state index in [9.17, 15) is 9.59 Å². The summed E-state index contributed by atoms with van der Waals surface area (Å²) in [7, 11) is 0. The first-order chi connectivity index (χ1) is 18.0. The number of nitrogens with one attached hydrogen (secondary N) is 1. The lowest BCUT2D eigenvalue weighted by Crippen LogP contribution is -2.42. The van der Waals surface area contributed by atoms with Gasteiger partial charge in [0.15, 0.2) is 0 Å². The first kappa shape index (κ1) is 25.2. The molecule has 0 spiro atoms. The van der Waals surface area contributed by atoms with Gasteiger partial charge < -0.3 is 9.64 Å². The average molecular weight is 535 g/mol. The smallest absolute Gasteiger partial charge is 0.264 e. The number of hydrogen-bond acceptors (Lipinski definition) is 5. The Hall–Kier alpha value is -3.46. The standard InChI is InChI=1S/C28H27ClN4O3S/c1-19-6-12-22(13-7-19)33-17-24(20-8-10-21(29)11-9-20)30-28(33)31-26(34)18-32(16-23-4-2-14-36-23)27(35)25-5-3-15-37-25/h3,5-13,15,17,23H,2,4,14,16,18H2,1H3,(H,30,31,34). The summed E-state index contributed by atoms with van der Waals surface area (Å²) in [6.07, 6.45) is 3.64. The number of aryl methyl sites for hydroxylation is 1. The maximum Gasteiger partial charge on any atom is 0.264 e. The van der Waals surface area contributed by atoms with Gasteiger partial charge in [-0.2, -0.15) is 0 Å². The minimum atomic E-state index is -0.329. The van der Waals surface area contributed by atoms with Gasteiger partial charge in [0.05, 0.1) is 16.7 Å². The molecule has 1 atom stereocenters. The fourth-order valence-corrected chi connectivity index (χ4v) is 5.09. The number of imidazole rings is 1. The van der Waals surface area contributed by atoms with Crippen molar-refractivity contribution in [2.45, 2.75) is 25.9 Å². The van der Waals surface area contributed by atoms with E-state index in [2.05, 4.69) is 5.32 Å². The summed E-state index contributed by atoms with van der Waals surface area (Å²) in [4.78, 5) is 33.3. The molecule has 7 nitrogen and oxygen atoms in total. The Morgan fingerprint density at radius 1 is 1.16 bits per heavy atom. The summed E-state index contributed by atoms with van der Waals surface area (Å²) < 4.78 is 7.59. The Bertz CT molecular complexity index is 1360. The van der Waals surface area contributed by atoms with Gasteiger partial charge in [0.1, 0.15) is 6.54 Å². The van der Waals surface area contributed by atoms with Crippen LogP contribution in [0.5, 0.6) is 0 Å². The third-order valence-corrected chi connectivity index (χ3v) is 7.32. The summed E-state index contributed by atoms with van der Waals surface area (Å²) in [6.45, 7) is 2.96. The number of aromatic nitrogens is 2. The van der Waals surface area contributed by atoms with Gasteiger partial charge in [0.25, 0.3) is 5.91 Å². The summed E-state index contributed by atoms with van der Waals surface area (Å²) in [5.74, 6) is -0.131. The van der Waals surface area contributed by atoms with Crippen molar-refractivity contribution in [3.8, 4) is 16.9 Å². The second kappa shape index (κ2) is 11.3. The molecule has 1 unspecified atom stereocenters. The largest absolute Gasteiger partial charge is 0.376 e. The summed E-state index contributed by atoms with van der Waals surface area (Å²) in [5.41, 5.74) is 3.56. The van der Waals surface area contributed by atoms with Crippen molar-refractivity contribution in [3.05, 3.63) is 87.7 Å². The Morgan fingerprint density at radius 2 is 1.95 bits per heavy atom. The third-order valence-electron chi connectivity index (χ3n) is 6.21. The van der Waals surface area contributed by atoms with E-state index in [-0.39, 0.29) is 24.5 Å². The van der Waals surface area contributed by atoms with Crippen LogP contribution >= 0.6 is 22.9 Å². The van der Waals surface area contributed by atoms with Crippen molar-refractivity contribution in [3.63, 3.8) is 0 Å². The van der Waals surface area contributed by atoms with Gasteiger partial charge in [-0.05, 0) is 55.5 Å². The Morgan fingerprint density at radius 3 is 2.62 bits per heavy atom. The number of halogens is 1. The predicted molar refractivity (Wildman–Crippen MR) is 147 cm³/mol. The predicted octanol–water partition coefficient (Wildman–Crippen LogP) is 5.82. The third kappa shape index (κ3) is 6.10. The van der Waals surface area contributed by atoms with E-state index >= 15 is 0 Å². The van der Waals surface area contributed by atoms with Gasteiger partial charge in [-0.1, -0.05) is 47.5 Å². The quantitative estimate of drug-likeness (QED) is 0.309. The van der Waals surface area contributed by atoms with Crippen molar-refractivity contribution in [2.75, 3.05) is 25.0 Å². The molecule has 0 bridgehead atoms. The van der Waals surface area contributed by atoms with Gasteiger partial charge in [0, 0.05) is 35.6 Å². The molecular formula is C28H27ClN4O3S. The molecule has 0 radical (unpaired) electrons. The van der Waals surface area contributed by atoms with Crippen LogP contribution in [0, 0.1) is 6.92 Å². The van der Waals surface area contributed by atoms with E-state index < -0.39 is 0 Å². The Kier molecular flexibility index (Phi) is 7.69. The van der Waals surface area contributed by atoms with E-state index in [4.69, 9.17) is 21.3 Å². The topological polar surface area (TPSA) is 76.5 Å². The van der Waals surface area contributed by atoms with Crippen LogP contribution in [0.4, 0.5) is 5.95 Å². The molecule has 2 aromatic carbocycles. The number of carbonyl (C=O) groups is 2. The Balaban J connectivity index is 1.40. The second-order valence-corrected chi connectivity index (χ2v) is 10.4. The molecular weight excluding hydrogens is 508 g/mol. The molecule has 190 valence electrons. The molecule has 3 heterocycles. The van der Waals surface area contributed by atoms with Crippen LogP contribution in [0.25, 0.3) is 16.9 Å². The van der Waals surface area contributed by atoms with E-state index in [1.165, 1.54) is 11.3 Å². The molecule has 1 N–H and O–H groups in total. The highest BCUT2D eigenvalue weighted by atomic mass is 35.5. The van der Waals surface area contributed by atoms with Gasteiger partial charge in [0.2, 0.25) is 11.9 Å². The van der Waals surface area contributed by atoms with Crippen LogP contribution in [0.15, 0.2) is 72.2 Å². The van der Waals surface area contributed by atoms with Crippen LogP contribution < -0.4 is 5.32 Å². The van der Waals surface area contributed by atoms with Crippen molar-refractivity contribution < 1.29 is 14.3 Å². The molecule has 1 aliphatic rings. The van der Waals surface area contributed by atoms with Crippen molar-refractivity contribution in [2.24, 2.45) is 0 Å². The maximum atomic E-state index is 13.3. The molecule has 1 saturated heterocycles. The van der Waals surface area contributed by atoms with E-state index in [1.807, 2.05) is 65.5 Å². The highest BCUT2D eigenvalue weighted by Gasteiger charge is 2.26. The number of anilines is 1. The van der Waals surface area contributed by atoms with Crippen LogP contribution in [-0.2, 0) is 9.53 Å². The SMILES string of the molecule is Cc1ccc(-n2cc(-c3ccc(Cl)cc3)nc2NC(=O)CN(CC2CCCO2)C(=O)c2cccs2)cc1. The molecule has 37 heavy (non-hydrogen) atoms. The van der Waals surface area contributed by atoms with Crippen LogP contribution in [0.2, 0.25) is 5.02 Å². The molecule has 1 aliphatic heterocycles. The van der Waals surface area contributed by atoms with Gasteiger partial charge in [-0.25, -0.2) is 4.98 Å². The van der Waals surface area contributed by atoms with Crippen molar-refractivity contribution in [1.29, 1.82) is 0 Å². The molecule has 9 heteroatoms. The number of hydrogen-bond donors (Lipinski definition) is 1. The fraction of sp³-hybridized carbons (Fsp3) is 0.250. The van der Waals surface area contributed by atoms with Gasteiger partial charge in [-0.15, -0.1) is 11.3 Å². The number of nitrogens with zero attached hydrogens (tertiary/aromatic N) is 3. The molecule has 0 saturated carbocycles. The highest BCUT2D eigenvalue weighted by molar-refractivity contribution is 7.12. The lowest BCUT2D eigenvalue weighted by molar-refractivity contribution is -0.117. The molecule has 0 aliphatic carbocycles. The number of carbonyl (C=O) groups excluding carboxylic acids is 2. The fourth-order valence-electron chi connectivity index (χ4n) is 4.28. The molecule has 1 fully saturated rings. The Labute approximate surface area is 224 Å². The van der Waals surface area contributed by atoms with Crippen molar-refractivity contribution in [1.82, 2.24) is 14.5 Å². The molecule has 5 rings (SSSR count). The van der Waals surface area contributed by atoms with Crippen LogP contribution in [0.1, 0.15) is 28.1 Å². The molecule has 2 aromatic heterocycles. The van der Waals surface area contributed by atoms with E-state index in [1.54, 1.807) is 23.1 Å². The first-order valence-electron chi connectivity index (χ1n) is 12.1. The lowest BCUT2D eigenvalue weighted by atomic mass is 10.2. The first-order valence-corrected chi connectivity index (χ1v) is 13.4. The zero-order valence-electron chi connectivity index (χ0n) is 20.4. The average Bonchev–Trinajstić information content (AvgIpc) is 3.67. The van der Waals surface area contributed by atoms with E-state index in [0.29, 0.717) is 34.7 Å². The number of thiophene rings is 1. The molecule has 2 amide bonds. The van der Waals surface area contributed by atoms with Gasteiger partial charge in [-0.3, -0.25) is 19.5 Å². The normalized spacial score (nSPS) is 15.0. The zero-order chi connectivity index (χ0) is 25.8. The van der Waals surface area contributed by atoms with Crippen LogP contribution in [0.3, 0.4) is 0 Å². The lowest BCUT2D eigenvalue weighted by Gasteiger charge is -2.24. The highest BCUT2D eigenvalue weighted by Crippen LogP contribution is 2.26. The van der Waals surface area contributed by atoms with Gasteiger partial charge >= 0.3 is 0 Å². The number of ether oxygens (including phenoxy) is 1. The molecule has 4 aromatic rings. The van der Waals surface area contributed by atoms with Crippen molar-refractivity contribution >= 4 is 40.7 Å². The summed E-state index contributed by atoms with van der Waals surface area (Å²) in [6, 6.07) is 19.0. The number of amides is 2. The zero-order valence-corrected chi connectivity index (χ0v) is 22.0. The number of benzene rings is 2. The van der Waals surface area contributed by atoms with Crippen LogP contribution in [-0.4, -0.2) is 52.1 Å². The minimum Gasteiger partial charge on any atom is -0.376 e. The summed E-state index contributed by atoms with van der Waals surface area (Å²) in [5, 5.41) is 5.43.